The monoisotopic (exact) mass is 219 g/mol. The van der Waals surface area contributed by atoms with E-state index in [0.717, 1.165) is 17.5 Å². The molecule has 1 heterocycles. The number of fused-ring (bicyclic) bond motifs is 1. The predicted octanol–water partition coefficient (Wildman–Crippen LogP) is 1.59. The molecule has 0 aromatic heterocycles. The number of ether oxygens (including phenoxy) is 1. The summed E-state index contributed by atoms with van der Waals surface area (Å²) in [6.07, 6.45) is 0.745. The van der Waals surface area contributed by atoms with Crippen LogP contribution in [0.25, 0.3) is 0 Å². The molecule has 0 aliphatic carbocycles. The van der Waals surface area contributed by atoms with Crippen molar-refractivity contribution >= 4 is 17.9 Å². The van der Waals surface area contributed by atoms with Crippen LogP contribution in [0.1, 0.15) is 28.8 Å². The molecule has 1 unspecified atom stereocenters. The summed E-state index contributed by atoms with van der Waals surface area (Å²) in [6.45, 7) is 1.84. The van der Waals surface area contributed by atoms with Gasteiger partial charge in [-0.3, -0.25) is 9.59 Å². The fraction of sp³-hybridized carbons (Fsp3) is 0.333. The highest BCUT2D eigenvalue weighted by atomic mass is 16.5. The number of nitrogens with zero attached hydrogens (tertiary/aromatic N) is 1. The fourth-order valence-corrected chi connectivity index (χ4v) is 2.05. The molecule has 0 spiro atoms. The highest BCUT2D eigenvalue weighted by Crippen LogP contribution is 2.39. The molecule has 1 aliphatic rings. The second kappa shape index (κ2) is 3.63. The van der Waals surface area contributed by atoms with Crippen LogP contribution >= 0.6 is 0 Å². The van der Waals surface area contributed by atoms with Crippen LogP contribution in [0.15, 0.2) is 12.1 Å². The molecule has 2 rings (SSSR count). The lowest BCUT2D eigenvalue weighted by atomic mass is 10.0. The summed E-state index contributed by atoms with van der Waals surface area (Å²) in [7, 11) is 3.24. The lowest BCUT2D eigenvalue weighted by Crippen LogP contribution is -2.22. The van der Waals surface area contributed by atoms with E-state index >= 15 is 0 Å². The number of methoxy groups -OCH3 is 1. The summed E-state index contributed by atoms with van der Waals surface area (Å²) in [5.41, 5.74) is 2.19. The first-order chi connectivity index (χ1) is 7.60. The summed E-state index contributed by atoms with van der Waals surface area (Å²) >= 11 is 0. The Balaban J connectivity index is 2.63. The third kappa shape index (κ3) is 1.30. The van der Waals surface area contributed by atoms with Gasteiger partial charge >= 0.3 is 0 Å². The van der Waals surface area contributed by atoms with E-state index in [4.69, 9.17) is 4.74 Å². The quantitative estimate of drug-likeness (QED) is 0.709. The predicted molar refractivity (Wildman–Crippen MR) is 60.2 cm³/mol. The molecule has 0 bridgehead atoms. The van der Waals surface area contributed by atoms with Crippen molar-refractivity contribution in [2.24, 2.45) is 0 Å². The van der Waals surface area contributed by atoms with Gasteiger partial charge in [0.1, 0.15) is 5.75 Å². The Morgan fingerprint density at radius 1 is 1.44 bits per heavy atom. The molecule has 4 heteroatoms. The molecule has 1 aromatic rings. The zero-order valence-corrected chi connectivity index (χ0v) is 9.48. The maximum atomic E-state index is 11.8. The van der Waals surface area contributed by atoms with E-state index in [9.17, 15) is 9.59 Å². The van der Waals surface area contributed by atoms with E-state index in [0.29, 0.717) is 11.3 Å². The summed E-state index contributed by atoms with van der Waals surface area (Å²) in [6, 6.07) is 3.47. The van der Waals surface area contributed by atoms with Crippen LogP contribution in [-0.2, 0) is 4.79 Å². The zero-order chi connectivity index (χ0) is 11.9. The van der Waals surface area contributed by atoms with Gasteiger partial charge in [-0.15, -0.1) is 0 Å². The Bertz CT molecular complexity index is 468. The van der Waals surface area contributed by atoms with Crippen LogP contribution in [0.5, 0.6) is 5.75 Å². The first-order valence-electron chi connectivity index (χ1n) is 5.04. The summed E-state index contributed by atoms with van der Waals surface area (Å²) in [5, 5.41) is 0. The van der Waals surface area contributed by atoms with Gasteiger partial charge in [0, 0.05) is 13.1 Å². The van der Waals surface area contributed by atoms with Crippen molar-refractivity contribution in [3.8, 4) is 5.75 Å². The standard InChI is InChI=1S/C12H13NO3/c1-7-9-4-8(6-14)11(16-3)5-10(9)13(2)12(7)15/h4-7H,1-3H3. The molecule has 1 amide bonds. The van der Waals surface area contributed by atoms with Gasteiger partial charge in [0.25, 0.3) is 0 Å². The van der Waals surface area contributed by atoms with Crippen molar-refractivity contribution in [2.75, 3.05) is 19.1 Å². The first-order valence-corrected chi connectivity index (χ1v) is 5.04. The minimum Gasteiger partial charge on any atom is -0.496 e. The van der Waals surface area contributed by atoms with Gasteiger partial charge in [0.15, 0.2) is 6.29 Å². The van der Waals surface area contributed by atoms with Gasteiger partial charge in [-0.1, -0.05) is 0 Å². The van der Waals surface area contributed by atoms with E-state index in [2.05, 4.69) is 0 Å². The Hall–Kier alpha value is -1.84. The highest BCUT2D eigenvalue weighted by Gasteiger charge is 2.32. The van der Waals surface area contributed by atoms with Crippen LogP contribution < -0.4 is 9.64 Å². The van der Waals surface area contributed by atoms with Crippen molar-refractivity contribution in [1.29, 1.82) is 0 Å². The molecule has 0 fully saturated rings. The lowest BCUT2D eigenvalue weighted by Gasteiger charge is -2.12. The number of carbonyl (C=O) groups is 2. The van der Waals surface area contributed by atoms with Gasteiger partial charge < -0.3 is 9.64 Å². The van der Waals surface area contributed by atoms with Gasteiger partial charge in [-0.05, 0) is 18.6 Å². The molecule has 16 heavy (non-hydrogen) atoms. The third-order valence-electron chi connectivity index (χ3n) is 3.03. The molecule has 1 aromatic carbocycles. The van der Waals surface area contributed by atoms with Crippen LogP contribution in [-0.4, -0.2) is 26.4 Å². The molecule has 0 saturated heterocycles. The molecular formula is C12H13NO3. The Morgan fingerprint density at radius 3 is 2.69 bits per heavy atom. The van der Waals surface area contributed by atoms with Crippen molar-refractivity contribution in [2.45, 2.75) is 12.8 Å². The van der Waals surface area contributed by atoms with Crippen LogP contribution in [0, 0.1) is 0 Å². The van der Waals surface area contributed by atoms with E-state index in [1.54, 1.807) is 24.1 Å². The summed E-state index contributed by atoms with van der Waals surface area (Å²) in [5.74, 6) is 0.354. The smallest absolute Gasteiger partial charge is 0.234 e. The van der Waals surface area contributed by atoms with E-state index in [1.165, 1.54) is 7.11 Å². The SMILES string of the molecule is COc1cc2c(cc1C=O)C(C)C(=O)N2C. The molecule has 1 aliphatic heterocycles. The van der Waals surface area contributed by atoms with E-state index in [1.807, 2.05) is 6.92 Å². The van der Waals surface area contributed by atoms with Gasteiger partial charge in [-0.2, -0.15) is 0 Å². The number of carbonyl (C=O) groups excluding carboxylic acids is 2. The van der Waals surface area contributed by atoms with E-state index in [-0.39, 0.29) is 11.8 Å². The molecule has 4 nitrogen and oxygen atoms in total. The zero-order valence-electron chi connectivity index (χ0n) is 9.48. The maximum absolute atomic E-state index is 11.8. The number of likely N-dealkylation sites (N-methyl/N-ethyl adjacent to an activating group) is 1. The summed E-state index contributed by atoms with van der Waals surface area (Å²) < 4.78 is 5.11. The van der Waals surface area contributed by atoms with Crippen molar-refractivity contribution in [1.82, 2.24) is 0 Å². The number of rotatable bonds is 2. The van der Waals surface area contributed by atoms with Gasteiger partial charge in [0.05, 0.1) is 24.3 Å². The normalized spacial score (nSPS) is 18.6. The van der Waals surface area contributed by atoms with Crippen molar-refractivity contribution in [3.05, 3.63) is 23.3 Å². The number of benzene rings is 1. The average molecular weight is 219 g/mol. The number of anilines is 1. The first kappa shape index (κ1) is 10.7. The Labute approximate surface area is 93.8 Å². The molecule has 0 saturated carbocycles. The van der Waals surface area contributed by atoms with Crippen molar-refractivity contribution < 1.29 is 14.3 Å². The lowest BCUT2D eigenvalue weighted by molar-refractivity contribution is -0.118. The average Bonchev–Trinajstić information content (AvgIpc) is 2.52. The topological polar surface area (TPSA) is 46.6 Å². The minimum atomic E-state index is -0.190. The van der Waals surface area contributed by atoms with E-state index < -0.39 is 0 Å². The van der Waals surface area contributed by atoms with Crippen LogP contribution in [0.3, 0.4) is 0 Å². The number of hydrogen-bond acceptors (Lipinski definition) is 3. The third-order valence-corrected chi connectivity index (χ3v) is 3.03. The van der Waals surface area contributed by atoms with Gasteiger partial charge in [0.2, 0.25) is 5.91 Å². The number of amides is 1. The van der Waals surface area contributed by atoms with Crippen LogP contribution in [0.2, 0.25) is 0 Å². The second-order valence-corrected chi connectivity index (χ2v) is 3.89. The fourth-order valence-electron chi connectivity index (χ4n) is 2.05. The largest absolute Gasteiger partial charge is 0.496 e. The Kier molecular flexibility index (Phi) is 2.42. The molecule has 0 N–H and O–H groups in total. The number of aldehydes is 1. The van der Waals surface area contributed by atoms with Gasteiger partial charge in [-0.25, -0.2) is 0 Å². The van der Waals surface area contributed by atoms with Crippen LogP contribution in [0.4, 0.5) is 5.69 Å². The minimum absolute atomic E-state index is 0.0418. The molecule has 1 atom stereocenters. The molecule has 84 valence electrons. The maximum Gasteiger partial charge on any atom is 0.234 e. The highest BCUT2D eigenvalue weighted by molar-refractivity contribution is 6.05. The molecular weight excluding hydrogens is 206 g/mol. The summed E-state index contributed by atoms with van der Waals surface area (Å²) in [4.78, 5) is 24.2. The second-order valence-electron chi connectivity index (χ2n) is 3.89. The number of hydrogen-bond donors (Lipinski definition) is 0. The Morgan fingerprint density at radius 2 is 2.12 bits per heavy atom. The van der Waals surface area contributed by atoms with Crippen molar-refractivity contribution in [3.63, 3.8) is 0 Å². The molecule has 0 radical (unpaired) electrons.